The molecule has 0 radical (unpaired) electrons. The number of hydrogen-bond acceptors (Lipinski definition) is 5. The zero-order chi connectivity index (χ0) is 21.6. The van der Waals surface area contributed by atoms with Crippen molar-refractivity contribution in [1.29, 1.82) is 0 Å². The minimum absolute atomic E-state index is 0.0442. The Morgan fingerprint density at radius 3 is 2.74 bits per heavy atom. The van der Waals surface area contributed by atoms with Gasteiger partial charge in [0.1, 0.15) is 0 Å². The van der Waals surface area contributed by atoms with Gasteiger partial charge in [-0.15, -0.1) is 0 Å². The predicted octanol–water partition coefficient (Wildman–Crippen LogP) is 3.54. The average molecular weight is 417 g/mol. The van der Waals surface area contributed by atoms with Crippen LogP contribution in [-0.4, -0.2) is 41.7 Å². The number of ether oxygens (including phenoxy) is 1. The molecule has 0 aliphatic carbocycles. The van der Waals surface area contributed by atoms with Crippen molar-refractivity contribution in [3.63, 3.8) is 0 Å². The van der Waals surface area contributed by atoms with Gasteiger partial charge in [-0.05, 0) is 60.9 Å². The van der Waals surface area contributed by atoms with Crippen LogP contribution in [-0.2, 0) is 22.5 Å². The first-order chi connectivity index (χ1) is 15.1. The van der Waals surface area contributed by atoms with Gasteiger partial charge in [-0.3, -0.25) is 14.8 Å². The number of nitrogens with one attached hydrogen (secondary N) is 1. The van der Waals surface area contributed by atoms with Gasteiger partial charge < -0.3 is 15.0 Å². The van der Waals surface area contributed by atoms with Crippen LogP contribution < -0.4 is 10.2 Å². The second-order valence-electron chi connectivity index (χ2n) is 7.96. The highest BCUT2D eigenvalue weighted by molar-refractivity contribution is 5.78. The van der Waals surface area contributed by atoms with E-state index in [0.717, 1.165) is 42.1 Å². The number of benzene rings is 1. The number of carbonyl (C=O) groups is 1. The topological polar surface area (TPSA) is 67.3 Å². The minimum atomic E-state index is -0.0442. The normalized spacial score (nSPS) is 16.2. The first kappa shape index (κ1) is 21.0. The maximum Gasteiger partial charge on any atom is 0.226 e. The summed E-state index contributed by atoms with van der Waals surface area (Å²) in [5.41, 5.74) is 6.43. The minimum Gasteiger partial charge on any atom is -0.377 e. The van der Waals surface area contributed by atoms with Crippen LogP contribution in [0.4, 0.5) is 5.69 Å². The molecular weight excluding hydrogens is 388 g/mol. The van der Waals surface area contributed by atoms with E-state index in [4.69, 9.17) is 4.74 Å². The summed E-state index contributed by atoms with van der Waals surface area (Å²) >= 11 is 0. The number of aromatic nitrogens is 2. The second-order valence-corrected chi connectivity index (χ2v) is 7.96. The molecule has 6 nitrogen and oxygen atoms in total. The van der Waals surface area contributed by atoms with E-state index in [-0.39, 0.29) is 12.3 Å². The standard InChI is InChI=1S/C25H28N4O2/c1-18-13-23(29-11-12-31-17-19(29)2)5-6-24(18)21-3-4-22(27-16-21)14-25(30)28-15-20-7-9-26-10-8-20/h3-10,13,16,19H,11-12,14-15,17H2,1-2H3,(H,28,30)/t19-/m0/s1. The van der Waals surface area contributed by atoms with Crippen LogP contribution in [0.5, 0.6) is 0 Å². The van der Waals surface area contributed by atoms with Gasteiger partial charge in [-0.2, -0.15) is 0 Å². The summed E-state index contributed by atoms with van der Waals surface area (Å²) in [5, 5.41) is 2.92. The Hall–Kier alpha value is -3.25. The monoisotopic (exact) mass is 416 g/mol. The van der Waals surface area contributed by atoms with Crippen LogP contribution >= 0.6 is 0 Å². The number of pyridine rings is 2. The van der Waals surface area contributed by atoms with Crippen molar-refractivity contribution in [1.82, 2.24) is 15.3 Å². The van der Waals surface area contributed by atoms with Crippen molar-refractivity contribution in [3.8, 4) is 11.1 Å². The van der Waals surface area contributed by atoms with E-state index in [1.165, 1.54) is 11.3 Å². The smallest absolute Gasteiger partial charge is 0.226 e. The molecule has 0 bridgehead atoms. The molecule has 4 rings (SSSR count). The molecule has 31 heavy (non-hydrogen) atoms. The third-order valence-corrected chi connectivity index (χ3v) is 5.63. The van der Waals surface area contributed by atoms with Crippen LogP contribution in [0.15, 0.2) is 61.1 Å². The van der Waals surface area contributed by atoms with Gasteiger partial charge in [-0.1, -0.05) is 12.1 Å². The number of hydrogen-bond donors (Lipinski definition) is 1. The van der Waals surface area contributed by atoms with E-state index < -0.39 is 0 Å². The summed E-state index contributed by atoms with van der Waals surface area (Å²) in [5.74, 6) is -0.0442. The largest absolute Gasteiger partial charge is 0.377 e. The van der Waals surface area contributed by atoms with Gasteiger partial charge in [0.25, 0.3) is 0 Å². The first-order valence-electron chi connectivity index (χ1n) is 10.7. The van der Waals surface area contributed by atoms with E-state index in [1.54, 1.807) is 12.4 Å². The van der Waals surface area contributed by atoms with Crippen LogP contribution in [0.2, 0.25) is 0 Å². The lowest BCUT2D eigenvalue weighted by Gasteiger charge is -2.35. The van der Waals surface area contributed by atoms with E-state index in [2.05, 4.69) is 52.2 Å². The van der Waals surface area contributed by atoms with Gasteiger partial charge in [-0.25, -0.2) is 0 Å². The van der Waals surface area contributed by atoms with Gasteiger partial charge in [0.05, 0.1) is 19.6 Å². The molecule has 0 saturated carbocycles. The average Bonchev–Trinajstić information content (AvgIpc) is 2.79. The Kier molecular flexibility index (Phi) is 6.57. The van der Waals surface area contributed by atoms with Crippen molar-refractivity contribution in [3.05, 3.63) is 77.9 Å². The summed E-state index contributed by atoms with van der Waals surface area (Å²) in [6.45, 7) is 7.27. The summed E-state index contributed by atoms with van der Waals surface area (Å²) in [7, 11) is 0. The number of rotatable bonds is 6. The number of nitrogens with zero attached hydrogens (tertiary/aromatic N) is 3. The molecule has 1 amide bonds. The maximum atomic E-state index is 12.2. The lowest BCUT2D eigenvalue weighted by Crippen LogP contribution is -2.43. The van der Waals surface area contributed by atoms with Gasteiger partial charge in [0.2, 0.25) is 5.91 Å². The molecule has 1 fully saturated rings. The number of morpholine rings is 1. The summed E-state index contributed by atoms with van der Waals surface area (Å²) < 4.78 is 5.55. The van der Waals surface area contributed by atoms with Crippen molar-refractivity contribution < 1.29 is 9.53 Å². The zero-order valence-corrected chi connectivity index (χ0v) is 18.0. The Morgan fingerprint density at radius 1 is 1.19 bits per heavy atom. The highest BCUT2D eigenvalue weighted by Crippen LogP contribution is 2.28. The lowest BCUT2D eigenvalue weighted by molar-refractivity contribution is -0.120. The fourth-order valence-corrected chi connectivity index (χ4v) is 3.88. The van der Waals surface area contributed by atoms with E-state index >= 15 is 0 Å². The van der Waals surface area contributed by atoms with Crippen molar-refractivity contribution in [2.75, 3.05) is 24.7 Å². The molecule has 2 aromatic heterocycles. The molecule has 1 atom stereocenters. The molecule has 1 aliphatic rings. The number of amides is 1. The molecule has 3 heterocycles. The molecule has 1 N–H and O–H groups in total. The third kappa shape index (κ3) is 5.27. The molecule has 1 saturated heterocycles. The fraction of sp³-hybridized carbons (Fsp3) is 0.320. The second kappa shape index (κ2) is 9.71. The number of aryl methyl sites for hydroxylation is 1. The van der Waals surface area contributed by atoms with E-state index in [1.807, 2.05) is 30.5 Å². The predicted molar refractivity (Wildman–Crippen MR) is 122 cm³/mol. The van der Waals surface area contributed by atoms with Crippen molar-refractivity contribution in [2.24, 2.45) is 0 Å². The Labute approximate surface area is 183 Å². The Bertz CT molecular complexity index is 1020. The molecular formula is C25H28N4O2. The molecule has 1 aliphatic heterocycles. The molecule has 0 spiro atoms. The quantitative estimate of drug-likeness (QED) is 0.666. The maximum absolute atomic E-state index is 12.2. The molecule has 1 aromatic carbocycles. The third-order valence-electron chi connectivity index (χ3n) is 5.63. The summed E-state index contributed by atoms with van der Waals surface area (Å²) in [4.78, 5) is 23.1. The number of anilines is 1. The van der Waals surface area contributed by atoms with E-state index in [0.29, 0.717) is 12.6 Å². The molecule has 0 unspecified atom stereocenters. The highest BCUT2D eigenvalue weighted by atomic mass is 16.5. The fourth-order valence-electron chi connectivity index (χ4n) is 3.88. The van der Waals surface area contributed by atoms with Crippen molar-refractivity contribution in [2.45, 2.75) is 32.9 Å². The zero-order valence-electron chi connectivity index (χ0n) is 18.0. The Balaban J connectivity index is 1.39. The molecule has 3 aromatic rings. The lowest BCUT2D eigenvalue weighted by atomic mass is 10.00. The van der Waals surface area contributed by atoms with Gasteiger partial charge in [0.15, 0.2) is 0 Å². The van der Waals surface area contributed by atoms with Crippen LogP contribution in [0.25, 0.3) is 11.1 Å². The summed E-state index contributed by atoms with van der Waals surface area (Å²) in [6.07, 6.45) is 5.55. The SMILES string of the molecule is Cc1cc(N2CCOC[C@@H]2C)ccc1-c1ccc(CC(=O)NCc2ccncc2)nc1. The highest BCUT2D eigenvalue weighted by Gasteiger charge is 2.19. The first-order valence-corrected chi connectivity index (χ1v) is 10.7. The van der Waals surface area contributed by atoms with Crippen LogP contribution in [0, 0.1) is 6.92 Å². The van der Waals surface area contributed by atoms with Crippen LogP contribution in [0.1, 0.15) is 23.7 Å². The number of carbonyl (C=O) groups excluding carboxylic acids is 1. The molecule has 160 valence electrons. The van der Waals surface area contributed by atoms with Crippen LogP contribution in [0.3, 0.4) is 0 Å². The summed E-state index contributed by atoms with van der Waals surface area (Å²) in [6, 6.07) is 14.7. The molecule has 6 heteroatoms. The van der Waals surface area contributed by atoms with E-state index in [9.17, 15) is 4.79 Å². The Morgan fingerprint density at radius 2 is 2.03 bits per heavy atom. The van der Waals surface area contributed by atoms with Gasteiger partial charge >= 0.3 is 0 Å². The van der Waals surface area contributed by atoms with Gasteiger partial charge in [0, 0.05) is 54.7 Å². The van der Waals surface area contributed by atoms with Crippen molar-refractivity contribution >= 4 is 11.6 Å².